The number of allylic oxidation sites excluding steroid dienone is 1. The summed E-state index contributed by atoms with van der Waals surface area (Å²) in [4.78, 5) is 11.7. The molecule has 19 heavy (non-hydrogen) atoms. The van der Waals surface area contributed by atoms with E-state index in [4.69, 9.17) is 4.74 Å². The molecule has 0 aliphatic carbocycles. The van der Waals surface area contributed by atoms with Gasteiger partial charge in [-0.05, 0) is 24.5 Å². The summed E-state index contributed by atoms with van der Waals surface area (Å²) in [6.45, 7) is 0.820. The fourth-order valence-electron chi connectivity index (χ4n) is 1.97. The average Bonchev–Trinajstić information content (AvgIpc) is 2.47. The minimum atomic E-state index is -0.587. The second-order valence-electron chi connectivity index (χ2n) is 4.61. The van der Waals surface area contributed by atoms with Crippen molar-refractivity contribution in [2.24, 2.45) is 0 Å². The van der Waals surface area contributed by atoms with Crippen molar-refractivity contribution in [3.05, 3.63) is 47.7 Å². The fourth-order valence-corrected chi connectivity index (χ4v) is 1.97. The highest BCUT2D eigenvalue weighted by Crippen LogP contribution is 2.09. The summed E-state index contributed by atoms with van der Waals surface area (Å²) in [5, 5.41) is 12.6. The quantitative estimate of drug-likeness (QED) is 0.842. The van der Waals surface area contributed by atoms with E-state index in [1.165, 1.54) is 0 Å². The molecule has 1 aliphatic heterocycles. The Morgan fingerprint density at radius 2 is 2.16 bits per heavy atom. The summed E-state index contributed by atoms with van der Waals surface area (Å²) < 4.78 is 5.26. The van der Waals surface area contributed by atoms with Crippen LogP contribution >= 0.6 is 0 Å². The average molecular weight is 261 g/mol. The molecule has 2 N–H and O–H groups in total. The fraction of sp³-hybridized carbons (Fsp3) is 0.400. The summed E-state index contributed by atoms with van der Waals surface area (Å²) in [5.74, 6) is 0.130. The van der Waals surface area contributed by atoms with Gasteiger partial charge >= 0.3 is 0 Å². The van der Waals surface area contributed by atoms with Gasteiger partial charge in [-0.15, -0.1) is 0 Å². The number of benzene rings is 1. The number of nitrogens with one attached hydrogen (secondary N) is 1. The van der Waals surface area contributed by atoms with Crippen LogP contribution in [-0.2, 0) is 16.0 Å². The number of carbonyl (C=O) groups is 1. The Kier molecular flexibility index (Phi) is 4.98. The van der Waals surface area contributed by atoms with Crippen molar-refractivity contribution in [3.8, 4) is 0 Å². The number of hydrogen-bond acceptors (Lipinski definition) is 3. The first kappa shape index (κ1) is 13.6. The molecule has 1 heterocycles. The van der Waals surface area contributed by atoms with Gasteiger partial charge < -0.3 is 15.2 Å². The first-order chi connectivity index (χ1) is 9.25. The smallest absolute Gasteiger partial charge is 0.286 e. The molecule has 1 aromatic rings. The third-order valence-electron chi connectivity index (χ3n) is 2.97. The molecule has 4 heteroatoms. The van der Waals surface area contributed by atoms with Gasteiger partial charge in [0.2, 0.25) is 0 Å². The second-order valence-corrected chi connectivity index (χ2v) is 4.61. The number of amides is 1. The molecule has 102 valence electrons. The number of hydrogen-bond donors (Lipinski definition) is 2. The largest absolute Gasteiger partial charge is 0.488 e. The third-order valence-corrected chi connectivity index (χ3v) is 2.97. The SMILES string of the molecule is O=C(NC[C@H](O)Cc1ccccc1)C1=CCCCO1. The summed E-state index contributed by atoms with van der Waals surface area (Å²) >= 11 is 0. The summed E-state index contributed by atoms with van der Waals surface area (Å²) in [6, 6.07) is 9.71. The lowest BCUT2D eigenvalue weighted by Crippen LogP contribution is -2.35. The van der Waals surface area contributed by atoms with Crippen molar-refractivity contribution >= 4 is 5.91 Å². The zero-order valence-electron chi connectivity index (χ0n) is 10.8. The van der Waals surface area contributed by atoms with Gasteiger partial charge in [-0.1, -0.05) is 30.3 Å². The molecule has 0 saturated heterocycles. The monoisotopic (exact) mass is 261 g/mol. The van der Waals surface area contributed by atoms with Crippen LogP contribution in [0.2, 0.25) is 0 Å². The number of ether oxygens (including phenoxy) is 1. The Labute approximate surface area is 113 Å². The Bertz CT molecular complexity index is 442. The molecule has 1 amide bonds. The van der Waals surface area contributed by atoms with E-state index in [0.717, 1.165) is 18.4 Å². The number of aliphatic hydroxyl groups is 1. The lowest BCUT2D eigenvalue weighted by molar-refractivity contribution is -0.121. The van der Waals surface area contributed by atoms with Crippen LogP contribution < -0.4 is 5.32 Å². The van der Waals surface area contributed by atoms with Crippen molar-refractivity contribution in [3.63, 3.8) is 0 Å². The van der Waals surface area contributed by atoms with Gasteiger partial charge in [0.15, 0.2) is 5.76 Å². The van der Waals surface area contributed by atoms with Crippen LogP contribution in [0.25, 0.3) is 0 Å². The molecule has 0 fully saturated rings. The molecule has 0 saturated carbocycles. The first-order valence-corrected chi connectivity index (χ1v) is 6.59. The van der Waals surface area contributed by atoms with Crippen LogP contribution in [0.3, 0.4) is 0 Å². The second kappa shape index (κ2) is 6.95. The normalized spacial score (nSPS) is 16.2. The zero-order chi connectivity index (χ0) is 13.5. The van der Waals surface area contributed by atoms with E-state index in [9.17, 15) is 9.90 Å². The highest BCUT2D eigenvalue weighted by atomic mass is 16.5. The predicted molar refractivity (Wildman–Crippen MR) is 72.4 cm³/mol. The maximum atomic E-state index is 11.7. The van der Waals surface area contributed by atoms with E-state index in [0.29, 0.717) is 18.8 Å². The van der Waals surface area contributed by atoms with Crippen LogP contribution in [0, 0.1) is 0 Å². The van der Waals surface area contributed by atoms with Gasteiger partial charge in [0.1, 0.15) is 0 Å². The lowest BCUT2D eigenvalue weighted by atomic mass is 10.1. The predicted octanol–water partition coefficient (Wildman–Crippen LogP) is 1.40. The van der Waals surface area contributed by atoms with Crippen molar-refractivity contribution in [2.75, 3.05) is 13.2 Å². The molecule has 0 radical (unpaired) electrons. The Hall–Kier alpha value is -1.81. The van der Waals surface area contributed by atoms with E-state index in [2.05, 4.69) is 5.32 Å². The Balaban J connectivity index is 1.75. The van der Waals surface area contributed by atoms with Crippen molar-refractivity contribution < 1.29 is 14.6 Å². The van der Waals surface area contributed by atoms with E-state index in [1.807, 2.05) is 30.3 Å². The number of aliphatic hydroxyl groups excluding tert-OH is 1. The molecule has 4 nitrogen and oxygen atoms in total. The van der Waals surface area contributed by atoms with E-state index in [1.54, 1.807) is 6.08 Å². The van der Waals surface area contributed by atoms with Crippen LogP contribution in [0.5, 0.6) is 0 Å². The van der Waals surface area contributed by atoms with E-state index < -0.39 is 6.10 Å². The van der Waals surface area contributed by atoms with Gasteiger partial charge in [0.05, 0.1) is 12.7 Å². The molecule has 2 rings (SSSR count). The Morgan fingerprint density at radius 1 is 1.37 bits per heavy atom. The highest BCUT2D eigenvalue weighted by molar-refractivity contribution is 5.91. The van der Waals surface area contributed by atoms with Crippen molar-refractivity contribution in [1.29, 1.82) is 0 Å². The molecule has 0 unspecified atom stereocenters. The zero-order valence-corrected chi connectivity index (χ0v) is 10.8. The maximum Gasteiger partial charge on any atom is 0.286 e. The third kappa shape index (κ3) is 4.41. The minimum absolute atomic E-state index is 0.231. The number of rotatable bonds is 5. The molecular weight excluding hydrogens is 242 g/mol. The van der Waals surface area contributed by atoms with Crippen molar-refractivity contribution in [1.82, 2.24) is 5.32 Å². The summed E-state index contributed by atoms with van der Waals surface area (Å²) in [7, 11) is 0. The maximum absolute atomic E-state index is 11.7. The topological polar surface area (TPSA) is 58.6 Å². The van der Waals surface area contributed by atoms with Gasteiger partial charge in [-0.2, -0.15) is 0 Å². The standard InChI is InChI=1S/C15H19NO3/c17-13(10-12-6-2-1-3-7-12)11-16-15(18)14-8-4-5-9-19-14/h1-3,6-8,13,17H,4-5,9-11H2,(H,16,18)/t13-/m1/s1. The van der Waals surface area contributed by atoms with Gasteiger partial charge in [0, 0.05) is 13.0 Å². The molecule has 0 spiro atoms. The molecule has 0 bridgehead atoms. The van der Waals surface area contributed by atoms with Gasteiger partial charge in [0.25, 0.3) is 5.91 Å². The van der Waals surface area contributed by atoms with E-state index in [-0.39, 0.29) is 12.5 Å². The molecule has 1 aromatic carbocycles. The molecule has 1 atom stereocenters. The molecular formula is C15H19NO3. The molecule has 1 aliphatic rings. The summed E-state index contributed by atoms with van der Waals surface area (Å²) in [6.07, 6.45) is 3.56. The van der Waals surface area contributed by atoms with Gasteiger partial charge in [-0.25, -0.2) is 0 Å². The Morgan fingerprint density at radius 3 is 2.84 bits per heavy atom. The van der Waals surface area contributed by atoms with Crippen LogP contribution in [0.1, 0.15) is 18.4 Å². The van der Waals surface area contributed by atoms with Crippen LogP contribution in [0.15, 0.2) is 42.2 Å². The number of carbonyl (C=O) groups excluding carboxylic acids is 1. The van der Waals surface area contributed by atoms with Crippen LogP contribution in [-0.4, -0.2) is 30.3 Å². The van der Waals surface area contributed by atoms with Crippen molar-refractivity contribution in [2.45, 2.75) is 25.4 Å². The summed E-state index contributed by atoms with van der Waals surface area (Å²) in [5.41, 5.74) is 1.05. The van der Waals surface area contributed by atoms with Crippen LogP contribution in [0.4, 0.5) is 0 Å². The molecule has 0 aromatic heterocycles. The van der Waals surface area contributed by atoms with Gasteiger partial charge in [-0.3, -0.25) is 4.79 Å². The lowest BCUT2D eigenvalue weighted by Gasteiger charge is -2.16. The first-order valence-electron chi connectivity index (χ1n) is 6.59. The minimum Gasteiger partial charge on any atom is -0.488 e. The highest BCUT2D eigenvalue weighted by Gasteiger charge is 2.15. The van der Waals surface area contributed by atoms with E-state index >= 15 is 0 Å².